The molecule has 8 heteroatoms. The van der Waals surface area contributed by atoms with Crippen molar-refractivity contribution in [2.45, 2.75) is 19.3 Å². The van der Waals surface area contributed by atoms with Gasteiger partial charge in [-0.25, -0.2) is 0 Å². The Kier molecular flexibility index (Phi) is 4.86. The van der Waals surface area contributed by atoms with Crippen molar-refractivity contribution in [1.29, 1.82) is 0 Å². The van der Waals surface area contributed by atoms with Crippen LogP contribution in [0.3, 0.4) is 0 Å². The van der Waals surface area contributed by atoms with Crippen molar-refractivity contribution in [2.24, 2.45) is 5.92 Å². The lowest BCUT2D eigenvalue weighted by atomic mass is 9.85. The van der Waals surface area contributed by atoms with E-state index in [2.05, 4.69) is 5.32 Å². The molecule has 1 aromatic rings. The lowest BCUT2D eigenvalue weighted by Gasteiger charge is -2.24. The van der Waals surface area contributed by atoms with E-state index in [0.29, 0.717) is 33.8 Å². The molecule has 136 valence electrons. The lowest BCUT2D eigenvalue weighted by molar-refractivity contribution is -0.128. The third kappa shape index (κ3) is 3.43. The van der Waals surface area contributed by atoms with Crippen LogP contribution >= 0.6 is 24.0 Å². The van der Waals surface area contributed by atoms with Crippen molar-refractivity contribution in [3.8, 4) is 11.5 Å². The zero-order valence-corrected chi connectivity index (χ0v) is 15.7. The van der Waals surface area contributed by atoms with Gasteiger partial charge in [-0.05, 0) is 36.6 Å². The van der Waals surface area contributed by atoms with E-state index in [4.69, 9.17) is 21.7 Å². The molecule has 0 atom stereocenters. The van der Waals surface area contributed by atoms with Crippen molar-refractivity contribution >= 4 is 46.2 Å². The number of fused-ring (bicyclic) bond motifs is 1. The molecule has 26 heavy (non-hydrogen) atoms. The van der Waals surface area contributed by atoms with Crippen LogP contribution in [0.15, 0.2) is 23.1 Å². The number of rotatable bonds is 5. The highest BCUT2D eigenvalue weighted by molar-refractivity contribution is 8.26. The summed E-state index contributed by atoms with van der Waals surface area (Å²) in [5, 5.41) is 2.89. The number of thiocarbonyl (C=S) groups is 1. The molecule has 1 aromatic carbocycles. The fraction of sp³-hybridized carbons (Fsp3) is 0.389. The lowest BCUT2D eigenvalue weighted by Crippen LogP contribution is -2.40. The quantitative estimate of drug-likeness (QED) is 0.616. The molecule has 3 aliphatic rings. The Bertz CT molecular complexity index is 804. The maximum Gasteiger partial charge on any atom is 0.266 e. The van der Waals surface area contributed by atoms with Crippen molar-refractivity contribution in [3.63, 3.8) is 0 Å². The smallest absolute Gasteiger partial charge is 0.266 e. The summed E-state index contributed by atoms with van der Waals surface area (Å²) in [6, 6.07) is 5.54. The zero-order valence-electron chi connectivity index (χ0n) is 14.0. The Morgan fingerprint density at radius 1 is 1.35 bits per heavy atom. The van der Waals surface area contributed by atoms with Gasteiger partial charge < -0.3 is 14.8 Å². The molecular formula is C18H18N2O4S2. The van der Waals surface area contributed by atoms with Gasteiger partial charge in [0.2, 0.25) is 12.7 Å². The van der Waals surface area contributed by atoms with Crippen LogP contribution in [-0.2, 0) is 9.59 Å². The number of carbonyl (C=O) groups is 2. The first-order valence-electron chi connectivity index (χ1n) is 8.54. The van der Waals surface area contributed by atoms with Crippen LogP contribution in [-0.4, -0.2) is 40.9 Å². The molecule has 1 saturated heterocycles. The second-order valence-corrected chi connectivity index (χ2v) is 8.04. The summed E-state index contributed by atoms with van der Waals surface area (Å²) in [6.07, 6.45) is 4.85. The van der Waals surface area contributed by atoms with Crippen molar-refractivity contribution < 1.29 is 19.1 Å². The third-order valence-electron chi connectivity index (χ3n) is 4.68. The minimum atomic E-state index is -0.129. The van der Waals surface area contributed by atoms with Crippen LogP contribution in [0.4, 0.5) is 0 Å². The molecule has 6 nitrogen and oxygen atoms in total. The van der Waals surface area contributed by atoms with Gasteiger partial charge in [0.25, 0.3) is 5.91 Å². The fourth-order valence-electron chi connectivity index (χ4n) is 2.95. The molecule has 4 rings (SSSR count). The largest absolute Gasteiger partial charge is 0.454 e. The molecule has 0 radical (unpaired) electrons. The molecule has 2 heterocycles. The van der Waals surface area contributed by atoms with Crippen LogP contribution in [0.1, 0.15) is 24.8 Å². The predicted octanol–water partition coefficient (Wildman–Crippen LogP) is 2.53. The first-order valence-corrected chi connectivity index (χ1v) is 9.77. The van der Waals surface area contributed by atoms with E-state index < -0.39 is 0 Å². The van der Waals surface area contributed by atoms with Crippen molar-refractivity contribution in [2.75, 3.05) is 19.9 Å². The number of benzene rings is 1. The van der Waals surface area contributed by atoms with Gasteiger partial charge in [0, 0.05) is 19.0 Å². The Balaban J connectivity index is 1.37. The van der Waals surface area contributed by atoms with Crippen LogP contribution in [0, 0.1) is 5.92 Å². The predicted molar refractivity (Wildman–Crippen MR) is 103 cm³/mol. The second kappa shape index (κ2) is 7.28. The van der Waals surface area contributed by atoms with E-state index >= 15 is 0 Å². The molecular weight excluding hydrogens is 372 g/mol. The molecule has 1 saturated carbocycles. The maximum absolute atomic E-state index is 12.6. The number of hydrogen-bond donors (Lipinski definition) is 1. The third-order valence-corrected chi connectivity index (χ3v) is 6.06. The summed E-state index contributed by atoms with van der Waals surface area (Å²) >= 11 is 6.60. The van der Waals surface area contributed by atoms with E-state index in [0.717, 1.165) is 24.8 Å². The highest BCUT2D eigenvalue weighted by Crippen LogP contribution is 2.36. The summed E-state index contributed by atoms with van der Waals surface area (Å²) < 4.78 is 11.2. The Morgan fingerprint density at radius 3 is 2.92 bits per heavy atom. The number of carbonyl (C=O) groups excluding carboxylic acids is 2. The number of thioether (sulfide) groups is 1. The topological polar surface area (TPSA) is 67.9 Å². The van der Waals surface area contributed by atoms with E-state index in [1.165, 1.54) is 11.8 Å². The molecule has 0 bridgehead atoms. The standard InChI is InChI=1S/C18H18N2O4S2/c21-16(12-2-1-3-12)19-6-7-20-17(22)15(26-18(20)25)9-11-4-5-13-14(8-11)24-10-23-13/h4-5,8-9,12H,1-3,6-7,10H2,(H,19,21)/b15-9+. The van der Waals surface area contributed by atoms with E-state index in [-0.39, 0.29) is 24.5 Å². The number of nitrogens with zero attached hydrogens (tertiary/aromatic N) is 1. The Labute approximate surface area is 160 Å². The number of nitrogens with one attached hydrogen (secondary N) is 1. The average molecular weight is 390 g/mol. The highest BCUT2D eigenvalue weighted by atomic mass is 32.2. The van der Waals surface area contributed by atoms with Gasteiger partial charge in [-0.1, -0.05) is 36.5 Å². The molecule has 0 spiro atoms. The second-order valence-electron chi connectivity index (χ2n) is 6.36. The van der Waals surface area contributed by atoms with Gasteiger partial charge in [0.05, 0.1) is 4.91 Å². The molecule has 0 aromatic heterocycles. The highest BCUT2D eigenvalue weighted by Gasteiger charge is 2.32. The minimum absolute atomic E-state index is 0.0811. The van der Waals surface area contributed by atoms with Crippen molar-refractivity contribution in [1.82, 2.24) is 10.2 Å². The Hall–Kier alpha value is -2.06. The average Bonchev–Trinajstić information content (AvgIpc) is 3.12. The summed E-state index contributed by atoms with van der Waals surface area (Å²) in [4.78, 5) is 26.6. The Morgan fingerprint density at radius 2 is 2.15 bits per heavy atom. The first-order chi connectivity index (χ1) is 12.6. The van der Waals surface area contributed by atoms with E-state index in [1.807, 2.05) is 18.2 Å². The van der Waals surface area contributed by atoms with Crippen LogP contribution in [0.2, 0.25) is 0 Å². The van der Waals surface area contributed by atoms with Gasteiger partial charge in [-0.2, -0.15) is 0 Å². The van der Waals surface area contributed by atoms with Crippen LogP contribution < -0.4 is 14.8 Å². The van der Waals surface area contributed by atoms with Crippen LogP contribution in [0.25, 0.3) is 6.08 Å². The summed E-state index contributed by atoms with van der Waals surface area (Å²) in [7, 11) is 0. The molecule has 1 aliphatic carbocycles. The van der Waals surface area contributed by atoms with E-state index in [1.54, 1.807) is 11.0 Å². The van der Waals surface area contributed by atoms with Gasteiger partial charge in [0.15, 0.2) is 11.5 Å². The van der Waals surface area contributed by atoms with E-state index in [9.17, 15) is 9.59 Å². The molecule has 0 unspecified atom stereocenters. The SMILES string of the molecule is O=C(NCCN1C(=O)/C(=C\c2ccc3c(c2)OCO3)SC1=S)C1CCC1. The number of amides is 2. The molecule has 1 N–H and O–H groups in total. The first kappa shape index (κ1) is 17.4. The maximum atomic E-state index is 12.6. The van der Waals surface area contributed by atoms with Gasteiger partial charge in [-0.15, -0.1) is 0 Å². The molecule has 2 amide bonds. The van der Waals surface area contributed by atoms with Gasteiger partial charge >= 0.3 is 0 Å². The summed E-state index contributed by atoms with van der Waals surface area (Å²) in [5.41, 5.74) is 0.855. The zero-order chi connectivity index (χ0) is 18.1. The number of ether oxygens (including phenoxy) is 2. The minimum Gasteiger partial charge on any atom is -0.454 e. The van der Waals surface area contributed by atoms with Crippen molar-refractivity contribution in [3.05, 3.63) is 28.7 Å². The summed E-state index contributed by atoms with van der Waals surface area (Å²) in [5.74, 6) is 1.48. The number of hydrogen-bond acceptors (Lipinski definition) is 6. The van der Waals surface area contributed by atoms with Crippen LogP contribution in [0.5, 0.6) is 11.5 Å². The molecule has 2 aliphatic heterocycles. The normalized spacial score (nSPS) is 20.6. The molecule has 2 fully saturated rings. The van der Waals surface area contributed by atoms with Gasteiger partial charge in [0.1, 0.15) is 4.32 Å². The monoisotopic (exact) mass is 390 g/mol. The van der Waals surface area contributed by atoms with Gasteiger partial charge in [-0.3, -0.25) is 14.5 Å². The summed E-state index contributed by atoms with van der Waals surface area (Å²) in [6.45, 7) is 1.02. The fourth-order valence-corrected chi connectivity index (χ4v) is 4.26.